The van der Waals surface area contributed by atoms with Gasteiger partial charge in [0.05, 0.1) is 0 Å². The Bertz CT molecular complexity index is 274. The highest BCUT2D eigenvalue weighted by molar-refractivity contribution is 9.09. The lowest BCUT2D eigenvalue weighted by Gasteiger charge is -1.94. The third kappa shape index (κ3) is 2.74. The van der Waals surface area contributed by atoms with Gasteiger partial charge < -0.3 is 0 Å². The van der Waals surface area contributed by atoms with Gasteiger partial charge in [0.2, 0.25) is 0 Å². The van der Waals surface area contributed by atoms with E-state index in [9.17, 15) is 8.78 Å². The minimum atomic E-state index is -0.552. The molecule has 0 bridgehead atoms. The third-order valence-corrected chi connectivity index (χ3v) is 1.66. The van der Waals surface area contributed by atoms with Gasteiger partial charge in [0.15, 0.2) is 0 Å². The lowest BCUT2D eigenvalue weighted by molar-refractivity contribution is 0.583. The van der Waals surface area contributed by atoms with Crippen molar-refractivity contribution in [2.75, 3.05) is 5.33 Å². The lowest BCUT2D eigenvalue weighted by atomic mass is 10.2. The zero-order chi connectivity index (χ0) is 8.97. The Morgan fingerprint density at radius 3 is 2.25 bits per heavy atom. The number of benzene rings is 1. The van der Waals surface area contributed by atoms with Gasteiger partial charge in [-0.25, -0.2) is 8.78 Å². The van der Waals surface area contributed by atoms with Crippen LogP contribution < -0.4 is 0 Å². The fourth-order valence-corrected chi connectivity index (χ4v) is 1.04. The summed E-state index contributed by atoms with van der Waals surface area (Å²) in [4.78, 5) is 0. The Hall–Kier alpha value is -0.700. The molecule has 12 heavy (non-hydrogen) atoms. The normalized spacial score (nSPS) is 10.9. The van der Waals surface area contributed by atoms with Crippen LogP contribution in [0.1, 0.15) is 5.56 Å². The Morgan fingerprint density at radius 1 is 1.17 bits per heavy atom. The molecule has 1 aromatic carbocycles. The molecule has 1 rings (SSSR count). The largest absolute Gasteiger partial charge is 0.207 e. The number of hydrogen-bond acceptors (Lipinski definition) is 0. The van der Waals surface area contributed by atoms with Gasteiger partial charge in [-0.05, 0) is 17.7 Å². The molecule has 0 atom stereocenters. The van der Waals surface area contributed by atoms with Crippen LogP contribution in [0.5, 0.6) is 0 Å². The summed E-state index contributed by atoms with van der Waals surface area (Å²) in [6, 6.07) is 3.41. The number of allylic oxidation sites excluding steroid dienone is 1. The zero-order valence-electron chi connectivity index (χ0n) is 6.23. The summed E-state index contributed by atoms with van der Waals surface area (Å²) in [5.74, 6) is -1.10. The third-order valence-electron chi connectivity index (χ3n) is 1.28. The highest BCUT2D eigenvalue weighted by Crippen LogP contribution is 2.09. The highest BCUT2D eigenvalue weighted by atomic mass is 79.9. The fourth-order valence-electron chi connectivity index (χ4n) is 0.852. The van der Waals surface area contributed by atoms with Crippen molar-refractivity contribution in [2.45, 2.75) is 0 Å². The van der Waals surface area contributed by atoms with Crippen molar-refractivity contribution in [3.63, 3.8) is 0 Å². The second kappa shape index (κ2) is 4.36. The van der Waals surface area contributed by atoms with Gasteiger partial charge in [-0.1, -0.05) is 28.1 Å². The molecule has 0 nitrogen and oxygen atoms in total. The molecule has 64 valence electrons. The van der Waals surface area contributed by atoms with Crippen molar-refractivity contribution in [2.24, 2.45) is 0 Å². The maximum atomic E-state index is 12.6. The molecule has 0 aliphatic heterocycles. The van der Waals surface area contributed by atoms with E-state index in [0.29, 0.717) is 10.9 Å². The number of rotatable bonds is 2. The first-order valence-corrected chi connectivity index (χ1v) is 4.53. The molecule has 0 fully saturated rings. The maximum Gasteiger partial charge on any atom is 0.126 e. The SMILES string of the molecule is Fc1cc(F)cc(/C=C/CBr)c1. The number of halogens is 3. The van der Waals surface area contributed by atoms with E-state index in [1.165, 1.54) is 12.1 Å². The Morgan fingerprint density at radius 2 is 1.75 bits per heavy atom. The van der Waals surface area contributed by atoms with Gasteiger partial charge in [-0.15, -0.1) is 0 Å². The fraction of sp³-hybridized carbons (Fsp3) is 0.111. The molecule has 0 saturated carbocycles. The summed E-state index contributed by atoms with van der Waals surface area (Å²) >= 11 is 3.17. The first kappa shape index (κ1) is 9.39. The Balaban J connectivity index is 2.93. The zero-order valence-corrected chi connectivity index (χ0v) is 7.81. The smallest absolute Gasteiger partial charge is 0.126 e. The molecule has 0 saturated heterocycles. The minimum Gasteiger partial charge on any atom is -0.207 e. The van der Waals surface area contributed by atoms with Crippen LogP contribution in [0.3, 0.4) is 0 Å². The summed E-state index contributed by atoms with van der Waals surface area (Å²) in [7, 11) is 0. The van der Waals surface area contributed by atoms with Crippen molar-refractivity contribution in [3.05, 3.63) is 41.5 Å². The van der Waals surface area contributed by atoms with Crippen LogP contribution in [0.2, 0.25) is 0 Å². The molecule has 0 aliphatic rings. The topological polar surface area (TPSA) is 0 Å². The first-order chi connectivity index (χ1) is 5.72. The van der Waals surface area contributed by atoms with E-state index in [0.717, 1.165) is 6.07 Å². The Kier molecular flexibility index (Phi) is 3.41. The van der Waals surface area contributed by atoms with Crippen molar-refractivity contribution in [1.82, 2.24) is 0 Å². The van der Waals surface area contributed by atoms with Gasteiger partial charge in [0.1, 0.15) is 11.6 Å². The van der Waals surface area contributed by atoms with Gasteiger partial charge in [0.25, 0.3) is 0 Å². The van der Waals surface area contributed by atoms with E-state index in [1.54, 1.807) is 12.2 Å². The monoisotopic (exact) mass is 232 g/mol. The van der Waals surface area contributed by atoms with Crippen molar-refractivity contribution in [1.29, 1.82) is 0 Å². The highest BCUT2D eigenvalue weighted by Gasteiger charge is 1.96. The van der Waals surface area contributed by atoms with Gasteiger partial charge in [0, 0.05) is 11.4 Å². The van der Waals surface area contributed by atoms with Crippen LogP contribution in [0.15, 0.2) is 24.3 Å². The molecule has 0 unspecified atom stereocenters. The van der Waals surface area contributed by atoms with Crippen molar-refractivity contribution in [3.8, 4) is 0 Å². The molecular formula is C9H7BrF2. The second-order valence-electron chi connectivity index (χ2n) is 2.26. The van der Waals surface area contributed by atoms with E-state index in [-0.39, 0.29) is 0 Å². The summed E-state index contributed by atoms with van der Waals surface area (Å²) < 4.78 is 25.1. The predicted octanol–water partition coefficient (Wildman–Crippen LogP) is 3.37. The standard InChI is InChI=1S/C9H7BrF2/c10-3-1-2-7-4-8(11)6-9(12)5-7/h1-2,4-6H,3H2/b2-1+. The molecule has 3 heteroatoms. The molecule has 0 aromatic heterocycles. The quantitative estimate of drug-likeness (QED) is 0.687. The summed E-state index contributed by atoms with van der Waals surface area (Å²) in [5, 5.41) is 0.672. The first-order valence-electron chi connectivity index (χ1n) is 3.41. The van der Waals surface area contributed by atoms with Crippen LogP contribution in [0.4, 0.5) is 8.78 Å². The summed E-state index contributed by atoms with van der Waals surface area (Å²) in [6.07, 6.45) is 3.43. The maximum absolute atomic E-state index is 12.6. The molecular weight excluding hydrogens is 226 g/mol. The minimum absolute atomic E-state index is 0.534. The van der Waals surface area contributed by atoms with Crippen LogP contribution >= 0.6 is 15.9 Å². The number of hydrogen-bond donors (Lipinski definition) is 0. The molecule has 0 amide bonds. The van der Waals surface area contributed by atoms with Crippen molar-refractivity contribution >= 4 is 22.0 Å². The average molecular weight is 233 g/mol. The van der Waals surface area contributed by atoms with Gasteiger partial charge in [-0.3, -0.25) is 0 Å². The molecule has 0 aliphatic carbocycles. The van der Waals surface area contributed by atoms with E-state index in [2.05, 4.69) is 15.9 Å². The van der Waals surface area contributed by atoms with Crippen LogP contribution in [0, 0.1) is 11.6 Å². The van der Waals surface area contributed by atoms with Crippen molar-refractivity contribution < 1.29 is 8.78 Å². The lowest BCUT2D eigenvalue weighted by Crippen LogP contribution is -1.81. The molecule has 0 spiro atoms. The predicted molar refractivity (Wildman–Crippen MR) is 49.2 cm³/mol. The molecule has 1 aromatic rings. The van der Waals surface area contributed by atoms with E-state index < -0.39 is 11.6 Å². The number of alkyl halides is 1. The van der Waals surface area contributed by atoms with Gasteiger partial charge in [-0.2, -0.15) is 0 Å². The molecule has 0 radical (unpaired) electrons. The van der Waals surface area contributed by atoms with E-state index >= 15 is 0 Å². The second-order valence-corrected chi connectivity index (χ2v) is 2.91. The van der Waals surface area contributed by atoms with E-state index in [4.69, 9.17) is 0 Å². The van der Waals surface area contributed by atoms with E-state index in [1.807, 2.05) is 0 Å². The molecule has 0 heterocycles. The van der Waals surface area contributed by atoms with Crippen LogP contribution in [0.25, 0.3) is 6.08 Å². The van der Waals surface area contributed by atoms with Crippen LogP contribution in [-0.4, -0.2) is 5.33 Å². The Labute approximate surface area is 78.0 Å². The van der Waals surface area contributed by atoms with Gasteiger partial charge >= 0.3 is 0 Å². The summed E-state index contributed by atoms with van der Waals surface area (Å²) in [5.41, 5.74) is 0.534. The van der Waals surface area contributed by atoms with Crippen LogP contribution in [-0.2, 0) is 0 Å². The molecule has 0 N–H and O–H groups in total. The summed E-state index contributed by atoms with van der Waals surface area (Å²) in [6.45, 7) is 0. The average Bonchev–Trinajstić information content (AvgIpc) is 1.99.